The molecule has 2 rings (SSSR count). The summed E-state index contributed by atoms with van der Waals surface area (Å²) < 4.78 is 0. The minimum Gasteiger partial charge on any atom is -0.330 e. The average Bonchev–Trinajstić information content (AvgIpc) is 2.61. The fourth-order valence-corrected chi connectivity index (χ4v) is 2.79. The van der Waals surface area contributed by atoms with Gasteiger partial charge in [-0.3, -0.25) is 4.79 Å². The topological polar surface area (TPSA) is 46.3 Å². The highest BCUT2D eigenvalue weighted by Crippen LogP contribution is 2.34. The first-order chi connectivity index (χ1) is 8.54. The lowest BCUT2D eigenvalue weighted by atomic mass is 9.85. The molecular weight excluding hydrogens is 224 g/mol. The molecule has 3 heteroatoms. The molecule has 3 nitrogen and oxygen atoms in total. The van der Waals surface area contributed by atoms with E-state index in [4.69, 9.17) is 5.73 Å². The molecule has 0 aromatic heterocycles. The van der Waals surface area contributed by atoms with Crippen LogP contribution in [0.2, 0.25) is 0 Å². The molecule has 1 aliphatic rings. The number of nitrogens with two attached hydrogens (primary N) is 1. The van der Waals surface area contributed by atoms with Crippen LogP contribution in [0.15, 0.2) is 18.2 Å². The summed E-state index contributed by atoms with van der Waals surface area (Å²) in [6.07, 6.45) is 1.54. The van der Waals surface area contributed by atoms with Crippen molar-refractivity contribution in [3.05, 3.63) is 29.3 Å². The molecule has 0 aliphatic carbocycles. The maximum atomic E-state index is 11.7. The summed E-state index contributed by atoms with van der Waals surface area (Å²) in [5.74, 6) is 1.24. The van der Waals surface area contributed by atoms with E-state index in [0.29, 0.717) is 24.8 Å². The molecule has 1 heterocycles. The first kappa shape index (κ1) is 13.1. The van der Waals surface area contributed by atoms with Crippen molar-refractivity contribution < 1.29 is 4.79 Å². The Kier molecular flexibility index (Phi) is 3.71. The summed E-state index contributed by atoms with van der Waals surface area (Å²) >= 11 is 0. The van der Waals surface area contributed by atoms with Gasteiger partial charge in [-0.1, -0.05) is 26.0 Å². The predicted molar refractivity (Wildman–Crippen MR) is 74.8 cm³/mol. The fourth-order valence-electron chi connectivity index (χ4n) is 2.79. The van der Waals surface area contributed by atoms with E-state index in [9.17, 15) is 4.79 Å². The molecule has 1 aromatic rings. The van der Waals surface area contributed by atoms with Crippen LogP contribution in [0.25, 0.3) is 0 Å². The summed E-state index contributed by atoms with van der Waals surface area (Å²) in [7, 11) is 1.84. The molecule has 1 unspecified atom stereocenters. The maximum absolute atomic E-state index is 11.7. The van der Waals surface area contributed by atoms with Gasteiger partial charge in [0.25, 0.3) is 0 Å². The van der Waals surface area contributed by atoms with Gasteiger partial charge >= 0.3 is 0 Å². The molecule has 2 N–H and O–H groups in total. The van der Waals surface area contributed by atoms with Crippen LogP contribution in [0, 0.1) is 5.92 Å². The Labute approximate surface area is 109 Å². The van der Waals surface area contributed by atoms with Crippen LogP contribution in [-0.2, 0) is 11.2 Å². The number of carbonyl (C=O) groups excluding carboxylic acids is 1. The van der Waals surface area contributed by atoms with Crippen LogP contribution in [0.1, 0.15) is 37.3 Å². The minimum atomic E-state index is 0.182. The van der Waals surface area contributed by atoms with Gasteiger partial charge in [0.1, 0.15) is 0 Å². The molecule has 0 fully saturated rings. The smallest absolute Gasteiger partial charge is 0.231 e. The molecule has 18 heavy (non-hydrogen) atoms. The SMILES string of the molecule is CC(C)C(CCN)c1ccc2c(c1)CC(=O)N2C. The maximum Gasteiger partial charge on any atom is 0.231 e. The van der Waals surface area contributed by atoms with Crippen molar-refractivity contribution in [2.45, 2.75) is 32.6 Å². The highest BCUT2D eigenvalue weighted by molar-refractivity contribution is 6.00. The number of rotatable bonds is 4. The number of hydrogen-bond donors (Lipinski definition) is 1. The lowest BCUT2D eigenvalue weighted by Crippen LogP contribution is -2.20. The van der Waals surface area contributed by atoms with Gasteiger partial charge in [-0.15, -0.1) is 0 Å². The van der Waals surface area contributed by atoms with E-state index in [1.807, 2.05) is 7.05 Å². The largest absolute Gasteiger partial charge is 0.330 e. The van der Waals surface area contributed by atoms with E-state index in [0.717, 1.165) is 17.7 Å². The molecule has 0 spiro atoms. The third-order valence-electron chi connectivity index (χ3n) is 3.89. The van der Waals surface area contributed by atoms with Gasteiger partial charge < -0.3 is 10.6 Å². The van der Waals surface area contributed by atoms with Crippen molar-refractivity contribution in [3.8, 4) is 0 Å². The predicted octanol–water partition coefficient (Wildman–Crippen LogP) is 2.29. The molecule has 1 aromatic carbocycles. The number of hydrogen-bond acceptors (Lipinski definition) is 2. The van der Waals surface area contributed by atoms with Gasteiger partial charge in [-0.25, -0.2) is 0 Å². The highest BCUT2D eigenvalue weighted by atomic mass is 16.2. The summed E-state index contributed by atoms with van der Waals surface area (Å²) in [5.41, 5.74) is 9.23. The number of carbonyl (C=O) groups is 1. The number of nitrogens with zero attached hydrogens (tertiary/aromatic N) is 1. The number of amides is 1. The van der Waals surface area contributed by atoms with Crippen molar-refractivity contribution in [1.82, 2.24) is 0 Å². The van der Waals surface area contributed by atoms with Gasteiger partial charge in [-0.05, 0) is 42.0 Å². The Hall–Kier alpha value is -1.35. The van der Waals surface area contributed by atoms with E-state index >= 15 is 0 Å². The zero-order chi connectivity index (χ0) is 13.3. The van der Waals surface area contributed by atoms with E-state index in [-0.39, 0.29) is 5.91 Å². The zero-order valence-corrected chi connectivity index (χ0v) is 11.4. The number of fused-ring (bicyclic) bond motifs is 1. The van der Waals surface area contributed by atoms with Crippen LogP contribution < -0.4 is 10.6 Å². The normalized spacial score (nSPS) is 16.3. The van der Waals surface area contributed by atoms with E-state index < -0.39 is 0 Å². The molecule has 0 saturated carbocycles. The third kappa shape index (κ3) is 2.27. The van der Waals surface area contributed by atoms with Crippen molar-refractivity contribution in [2.75, 3.05) is 18.5 Å². The van der Waals surface area contributed by atoms with E-state index in [2.05, 4.69) is 32.0 Å². The van der Waals surface area contributed by atoms with Crippen LogP contribution in [0.4, 0.5) is 5.69 Å². The van der Waals surface area contributed by atoms with E-state index in [1.54, 1.807) is 4.90 Å². The second-order valence-electron chi connectivity index (χ2n) is 5.45. The number of benzene rings is 1. The Morgan fingerprint density at radius 1 is 1.39 bits per heavy atom. The molecule has 1 amide bonds. The Bertz CT molecular complexity index is 454. The van der Waals surface area contributed by atoms with Crippen molar-refractivity contribution >= 4 is 11.6 Å². The standard InChI is InChI=1S/C15H22N2O/c1-10(2)13(6-7-16)11-4-5-14-12(8-11)9-15(18)17(14)3/h4-5,8,10,13H,6-7,9,16H2,1-3H3. The van der Waals surface area contributed by atoms with Crippen LogP contribution in [0.3, 0.4) is 0 Å². The van der Waals surface area contributed by atoms with Crippen molar-refractivity contribution in [3.63, 3.8) is 0 Å². The number of anilines is 1. The quantitative estimate of drug-likeness (QED) is 0.886. The first-order valence-corrected chi connectivity index (χ1v) is 6.64. The monoisotopic (exact) mass is 246 g/mol. The minimum absolute atomic E-state index is 0.182. The summed E-state index contributed by atoms with van der Waals surface area (Å²) in [6.45, 7) is 5.16. The lowest BCUT2D eigenvalue weighted by molar-refractivity contribution is -0.117. The van der Waals surface area contributed by atoms with Crippen LogP contribution in [-0.4, -0.2) is 19.5 Å². The van der Waals surface area contributed by atoms with Gasteiger partial charge in [0.05, 0.1) is 6.42 Å². The van der Waals surface area contributed by atoms with Gasteiger partial charge in [0.15, 0.2) is 0 Å². The highest BCUT2D eigenvalue weighted by Gasteiger charge is 2.25. The summed E-state index contributed by atoms with van der Waals surface area (Å²) in [6, 6.07) is 6.41. The zero-order valence-electron chi connectivity index (χ0n) is 11.4. The Balaban J connectivity index is 2.32. The first-order valence-electron chi connectivity index (χ1n) is 6.64. The second kappa shape index (κ2) is 5.11. The molecule has 0 bridgehead atoms. The molecule has 1 atom stereocenters. The summed E-state index contributed by atoms with van der Waals surface area (Å²) in [4.78, 5) is 13.4. The lowest BCUT2D eigenvalue weighted by Gasteiger charge is -2.21. The Morgan fingerprint density at radius 3 is 2.72 bits per heavy atom. The van der Waals surface area contributed by atoms with Crippen LogP contribution in [0.5, 0.6) is 0 Å². The third-order valence-corrected chi connectivity index (χ3v) is 3.89. The molecular formula is C15H22N2O. The molecule has 98 valence electrons. The van der Waals surface area contributed by atoms with Gasteiger partial charge in [-0.2, -0.15) is 0 Å². The number of likely N-dealkylation sites (N-methyl/N-ethyl adjacent to an activating group) is 1. The second-order valence-corrected chi connectivity index (χ2v) is 5.45. The molecule has 0 radical (unpaired) electrons. The van der Waals surface area contributed by atoms with Crippen molar-refractivity contribution in [2.24, 2.45) is 11.7 Å². The van der Waals surface area contributed by atoms with E-state index in [1.165, 1.54) is 5.56 Å². The molecule has 1 aliphatic heterocycles. The fraction of sp³-hybridized carbons (Fsp3) is 0.533. The average molecular weight is 246 g/mol. The summed E-state index contributed by atoms with van der Waals surface area (Å²) in [5, 5.41) is 0. The molecule has 0 saturated heterocycles. The Morgan fingerprint density at radius 2 is 2.11 bits per heavy atom. The van der Waals surface area contributed by atoms with Crippen LogP contribution >= 0.6 is 0 Å². The van der Waals surface area contributed by atoms with Gasteiger partial charge in [0, 0.05) is 12.7 Å². The van der Waals surface area contributed by atoms with Crippen molar-refractivity contribution in [1.29, 1.82) is 0 Å². The van der Waals surface area contributed by atoms with Gasteiger partial charge in [0.2, 0.25) is 5.91 Å².